The molecule has 4 heterocycles. The third-order valence-corrected chi connectivity index (χ3v) is 6.89. The lowest BCUT2D eigenvalue weighted by Gasteiger charge is -2.17. The first-order valence-electron chi connectivity index (χ1n) is 11.9. The van der Waals surface area contributed by atoms with Gasteiger partial charge in [0, 0.05) is 5.56 Å². The Kier molecular flexibility index (Phi) is 6.90. The summed E-state index contributed by atoms with van der Waals surface area (Å²) in [4.78, 5) is 11.8. The van der Waals surface area contributed by atoms with E-state index in [-0.39, 0.29) is 43.7 Å². The van der Waals surface area contributed by atoms with Gasteiger partial charge in [-0.3, -0.25) is 0 Å². The molecular formula is C25H28ClF2N3O5. The molecule has 1 aromatic carbocycles. The second kappa shape index (κ2) is 9.83. The Hall–Kier alpha value is -2.37. The van der Waals surface area contributed by atoms with E-state index in [0.29, 0.717) is 40.3 Å². The minimum atomic E-state index is -0.913. The minimum absolute atomic E-state index is 0.0411. The molecule has 2 fully saturated rings. The molecule has 36 heavy (non-hydrogen) atoms. The average molecular weight is 524 g/mol. The summed E-state index contributed by atoms with van der Waals surface area (Å²) in [6, 6.07) is 4.48. The van der Waals surface area contributed by atoms with Gasteiger partial charge in [-0.2, -0.15) is 4.98 Å². The second-order valence-corrected chi connectivity index (χ2v) is 10.4. The Labute approximate surface area is 211 Å². The van der Waals surface area contributed by atoms with Gasteiger partial charge in [0.15, 0.2) is 11.8 Å². The second-order valence-electron chi connectivity index (χ2n) is 10.0. The van der Waals surface area contributed by atoms with E-state index < -0.39 is 35.5 Å². The monoisotopic (exact) mass is 523 g/mol. The number of aromatic amines is 1. The van der Waals surface area contributed by atoms with E-state index in [1.807, 2.05) is 0 Å². The number of hydrogen-bond donors (Lipinski definition) is 3. The standard InChI is InChI=1S/C25H28ClF2N3O5/c1-25(2,33)6-5-12-7-15(27)13(16(28)8-12)3-4-17-14(26)9-18-23(29-17)31-24(30-18)36-20-11-35-21-19(32)10-34-22(20)21/h7-9,19-22,32-33H,3-6,10-11H2,1-2H3,(H,29,30,31)/t19-,20-,21-,22-/m1/s1. The molecule has 2 aliphatic rings. The molecule has 3 N–H and O–H groups in total. The molecule has 0 unspecified atom stereocenters. The number of halogens is 3. The summed E-state index contributed by atoms with van der Waals surface area (Å²) in [5.41, 5.74) is 0.905. The topological polar surface area (TPSA) is 110 Å². The van der Waals surface area contributed by atoms with E-state index in [9.17, 15) is 19.0 Å². The van der Waals surface area contributed by atoms with E-state index in [1.54, 1.807) is 19.9 Å². The number of rotatable bonds is 8. The quantitative estimate of drug-likeness (QED) is 0.415. The highest BCUT2D eigenvalue weighted by atomic mass is 35.5. The fourth-order valence-electron chi connectivity index (χ4n) is 4.58. The summed E-state index contributed by atoms with van der Waals surface area (Å²) in [7, 11) is 0. The van der Waals surface area contributed by atoms with Crippen LogP contribution in [-0.4, -0.2) is 68.4 Å². The van der Waals surface area contributed by atoms with Crippen LogP contribution in [0.4, 0.5) is 8.78 Å². The number of nitrogens with one attached hydrogen (secondary N) is 1. The predicted octanol–water partition coefficient (Wildman–Crippen LogP) is 3.28. The molecule has 0 amide bonds. The zero-order valence-electron chi connectivity index (χ0n) is 19.9. The molecule has 0 aliphatic carbocycles. The molecule has 11 heteroatoms. The number of H-pyrrole nitrogens is 1. The van der Waals surface area contributed by atoms with Crippen molar-refractivity contribution in [1.29, 1.82) is 0 Å². The van der Waals surface area contributed by atoms with Crippen molar-refractivity contribution >= 4 is 22.8 Å². The highest BCUT2D eigenvalue weighted by Gasteiger charge is 2.48. The van der Waals surface area contributed by atoms with E-state index in [0.717, 1.165) is 0 Å². The number of imidazole rings is 1. The third-order valence-electron chi connectivity index (χ3n) is 6.56. The first-order valence-corrected chi connectivity index (χ1v) is 12.3. The summed E-state index contributed by atoms with van der Waals surface area (Å²) in [5.74, 6) is -1.27. The van der Waals surface area contributed by atoms with Gasteiger partial charge in [-0.05, 0) is 63.3 Å². The first kappa shape index (κ1) is 25.3. The van der Waals surface area contributed by atoms with Gasteiger partial charge in [0.05, 0.1) is 35.0 Å². The van der Waals surface area contributed by atoms with Gasteiger partial charge in [0.1, 0.15) is 29.9 Å². The Morgan fingerprint density at radius 1 is 1.08 bits per heavy atom. The molecule has 194 valence electrons. The molecule has 8 nitrogen and oxygen atoms in total. The Morgan fingerprint density at radius 2 is 1.81 bits per heavy atom. The third kappa shape index (κ3) is 5.33. The van der Waals surface area contributed by atoms with E-state index in [1.165, 1.54) is 12.1 Å². The van der Waals surface area contributed by atoms with Crippen LogP contribution in [0, 0.1) is 11.6 Å². The summed E-state index contributed by atoms with van der Waals surface area (Å²) in [6.45, 7) is 3.77. The van der Waals surface area contributed by atoms with Gasteiger partial charge in [-0.15, -0.1) is 0 Å². The molecule has 2 aliphatic heterocycles. The van der Waals surface area contributed by atoms with Gasteiger partial charge >= 0.3 is 0 Å². The van der Waals surface area contributed by atoms with E-state index in [4.69, 9.17) is 25.8 Å². The SMILES string of the molecule is CC(C)(O)CCc1cc(F)c(CCc2nc3nc(O[C@@H]4CO[C@H]5[C@@H]4OC[C@H]5O)[nH]c3cc2Cl)c(F)c1. The summed E-state index contributed by atoms with van der Waals surface area (Å²) >= 11 is 6.40. The van der Waals surface area contributed by atoms with Gasteiger partial charge < -0.3 is 29.4 Å². The molecule has 4 atom stereocenters. The first-order chi connectivity index (χ1) is 17.1. The molecule has 0 radical (unpaired) electrons. The van der Waals surface area contributed by atoms with Gasteiger partial charge in [-0.1, -0.05) is 11.6 Å². The normalized spacial score (nSPS) is 24.0. The fourth-order valence-corrected chi connectivity index (χ4v) is 4.83. The van der Waals surface area contributed by atoms with Crippen LogP contribution in [0.15, 0.2) is 18.2 Å². The van der Waals surface area contributed by atoms with Crippen LogP contribution in [-0.2, 0) is 28.7 Å². The molecule has 0 saturated carbocycles. The van der Waals surface area contributed by atoms with Crippen LogP contribution in [0.1, 0.15) is 37.1 Å². The number of benzene rings is 1. The van der Waals surface area contributed by atoms with Gasteiger partial charge in [-0.25, -0.2) is 13.8 Å². The summed E-state index contributed by atoms with van der Waals surface area (Å²) < 4.78 is 46.4. The number of pyridine rings is 1. The van der Waals surface area contributed by atoms with Gasteiger partial charge in [0.2, 0.25) is 0 Å². The van der Waals surface area contributed by atoms with Crippen molar-refractivity contribution < 1.29 is 33.2 Å². The zero-order chi connectivity index (χ0) is 25.6. The fraction of sp³-hybridized carbons (Fsp3) is 0.520. The number of aliphatic hydroxyl groups is 2. The van der Waals surface area contributed by atoms with Crippen molar-refractivity contribution in [2.75, 3.05) is 13.2 Å². The number of hydrogen-bond acceptors (Lipinski definition) is 7. The maximum absolute atomic E-state index is 14.7. The molecule has 3 aromatic rings. The van der Waals surface area contributed by atoms with E-state index in [2.05, 4.69) is 15.0 Å². The molecule has 2 aromatic heterocycles. The van der Waals surface area contributed by atoms with Crippen molar-refractivity contribution in [3.63, 3.8) is 0 Å². The van der Waals surface area contributed by atoms with Crippen molar-refractivity contribution in [1.82, 2.24) is 15.0 Å². The number of fused-ring (bicyclic) bond motifs is 2. The molecule has 5 rings (SSSR count). The number of ether oxygens (including phenoxy) is 3. The highest BCUT2D eigenvalue weighted by Crippen LogP contribution is 2.30. The maximum Gasteiger partial charge on any atom is 0.296 e. The van der Waals surface area contributed by atoms with Crippen LogP contribution in [0.5, 0.6) is 6.01 Å². The number of nitrogens with zero attached hydrogens (tertiary/aromatic N) is 2. The Balaban J connectivity index is 1.27. The van der Waals surface area contributed by atoms with Crippen LogP contribution < -0.4 is 4.74 Å². The zero-order valence-corrected chi connectivity index (χ0v) is 20.7. The largest absolute Gasteiger partial charge is 0.456 e. The summed E-state index contributed by atoms with van der Waals surface area (Å²) in [5, 5.41) is 20.1. The lowest BCUT2D eigenvalue weighted by Crippen LogP contribution is -2.34. The lowest BCUT2D eigenvalue weighted by atomic mass is 9.97. The molecule has 0 spiro atoms. The average Bonchev–Trinajstić information content (AvgIpc) is 3.48. The number of aromatic nitrogens is 3. The summed E-state index contributed by atoms with van der Waals surface area (Å²) in [6.07, 6.45) is -0.878. The van der Waals surface area contributed by atoms with Crippen LogP contribution in [0.2, 0.25) is 5.02 Å². The number of aliphatic hydroxyl groups excluding tert-OH is 1. The van der Waals surface area contributed by atoms with E-state index >= 15 is 0 Å². The minimum Gasteiger partial charge on any atom is -0.456 e. The Morgan fingerprint density at radius 3 is 2.53 bits per heavy atom. The number of aryl methyl sites for hydroxylation is 2. The predicted molar refractivity (Wildman–Crippen MR) is 127 cm³/mol. The van der Waals surface area contributed by atoms with Crippen molar-refractivity contribution in [3.8, 4) is 6.01 Å². The highest BCUT2D eigenvalue weighted by molar-refractivity contribution is 6.31. The van der Waals surface area contributed by atoms with Crippen LogP contribution >= 0.6 is 11.6 Å². The molecule has 0 bridgehead atoms. The van der Waals surface area contributed by atoms with Crippen molar-refractivity contribution in [2.24, 2.45) is 0 Å². The lowest BCUT2D eigenvalue weighted by molar-refractivity contribution is 0.00706. The van der Waals surface area contributed by atoms with Crippen LogP contribution in [0.3, 0.4) is 0 Å². The maximum atomic E-state index is 14.7. The smallest absolute Gasteiger partial charge is 0.296 e. The van der Waals surface area contributed by atoms with Gasteiger partial charge in [0.25, 0.3) is 6.01 Å². The van der Waals surface area contributed by atoms with Crippen LogP contribution in [0.25, 0.3) is 11.2 Å². The van der Waals surface area contributed by atoms with Crippen molar-refractivity contribution in [2.45, 2.75) is 69.5 Å². The van der Waals surface area contributed by atoms with Crippen molar-refractivity contribution in [3.05, 3.63) is 51.7 Å². The Bertz CT molecular complexity index is 1240. The molecular weight excluding hydrogens is 496 g/mol. The molecule has 2 saturated heterocycles.